The van der Waals surface area contributed by atoms with Crippen molar-refractivity contribution in [3.63, 3.8) is 0 Å². The molecule has 1 heterocycles. The van der Waals surface area contributed by atoms with Gasteiger partial charge >= 0.3 is 0 Å². The van der Waals surface area contributed by atoms with Crippen LogP contribution in [0.1, 0.15) is 32.6 Å². The van der Waals surface area contributed by atoms with Crippen molar-refractivity contribution in [1.29, 1.82) is 0 Å². The molecule has 1 aliphatic carbocycles. The third-order valence-corrected chi connectivity index (χ3v) is 4.24. The van der Waals surface area contributed by atoms with Crippen LogP contribution in [0, 0.1) is 5.92 Å². The van der Waals surface area contributed by atoms with Gasteiger partial charge in [0.15, 0.2) is 11.5 Å². The summed E-state index contributed by atoms with van der Waals surface area (Å²) in [6.07, 6.45) is 4.18. The first kappa shape index (κ1) is 13.3. The molecule has 0 aromatic heterocycles. The number of carbonyl (C=O) groups is 1. The molecule has 1 amide bonds. The molecule has 1 fully saturated rings. The minimum Gasteiger partial charge on any atom is -0.485 e. The summed E-state index contributed by atoms with van der Waals surface area (Å²) < 4.78 is 11.3. The van der Waals surface area contributed by atoms with Gasteiger partial charge in [0, 0.05) is 6.04 Å². The lowest BCUT2D eigenvalue weighted by Crippen LogP contribution is -2.50. The van der Waals surface area contributed by atoms with E-state index in [1.807, 2.05) is 24.3 Å². The highest BCUT2D eigenvalue weighted by Crippen LogP contribution is 2.31. The van der Waals surface area contributed by atoms with E-state index >= 15 is 0 Å². The molecule has 108 valence electrons. The predicted octanol–water partition coefficient (Wildman–Crippen LogP) is 2.52. The average Bonchev–Trinajstić information content (AvgIpc) is 2.49. The molecule has 1 saturated carbocycles. The smallest absolute Gasteiger partial charge is 0.264 e. The number of amides is 1. The Morgan fingerprint density at radius 3 is 2.75 bits per heavy atom. The van der Waals surface area contributed by atoms with Crippen LogP contribution in [0.4, 0.5) is 0 Å². The van der Waals surface area contributed by atoms with E-state index < -0.39 is 6.10 Å². The fourth-order valence-electron chi connectivity index (χ4n) is 2.96. The standard InChI is InChI=1S/C16H21NO3/c1-11-6-2-3-7-12(11)17-16(18)15-10-19-13-8-4-5-9-14(13)20-15/h4-5,8-9,11-12,15H,2-3,6-7,10H2,1H3,(H,17,18)/t11-,12+,15+/m1/s1. The normalized spacial score (nSPS) is 28.8. The van der Waals surface area contributed by atoms with Gasteiger partial charge in [-0.25, -0.2) is 0 Å². The van der Waals surface area contributed by atoms with Gasteiger partial charge in [0.05, 0.1) is 0 Å². The molecule has 0 saturated heterocycles. The first-order valence-electron chi connectivity index (χ1n) is 7.43. The maximum Gasteiger partial charge on any atom is 0.264 e. The van der Waals surface area contributed by atoms with Gasteiger partial charge in [-0.2, -0.15) is 0 Å². The van der Waals surface area contributed by atoms with Crippen molar-refractivity contribution in [1.82, 2.24) is 5.32 Å². The van der Waals surface area contributed by atoms with Gasteiger partial charge in [-0.15, -0.1) is 0 Å². The van der Waals surface area contributed by atoms with Crippen molar-refractivity contribution in [3.05, 3.63) is 24.3 Å². The van der Waals surface area contributed by atoms with Crippen LogP contribution in [0.25, 0.3) is 0 Å². The molecule has 0 unspecified atom stereocenters. The van der Waals surface area contributed by atoms with Crippen LogP contribution in [0.2, 0.25) is 0 Å². The molecule has 4 heteroatoms. The molecule has 1 aromatic rings. The van der Waals surface area contributed by atoms with Crippen LogP contribution < -0.4 is 14.8 Å². The lowest BCUT2D eigenvalue weighted by molar-refractivity contribution is -0.131. The van der Waals surface area contributed by atoms with Crippen molar-refractivity contribution in [2.45, 2.75) is 44.8 Å². The summed E-state index contributed by atoms with van der Waals surface area (Å²) in [6.45, 7) is 2.49. The molecule has 1 aliphatic heterocycles. The van der Waals surface area contributed by atoms with E-state index in [1.165, 1.54) is 19.3 Å². The molecule has 0 spiro atoms. The third kappa shape index (κ3) is 2.74. The molecule has 20 heavy (non-hydrogen) atoms. The predicted molar refractivity (Wildman–Crippen MR) is 75.9 cm³/mol. The van der Waals surface area contributed by atoms with Gasteiger partial charge in [0.25, 0.3) is 5.91 Å². The molecular formula is C16H21NO3. The van der Waals surface area contributed by atoms with Crippen molar-refractivity contribution in [2.24, 2.45) is 5.92 Å². The van der Waals surface area contributed by atoms with Gasteiger partial charge in [-0.05, 0) is 30.9 Å². The minimum atomic E-state index is -0.543. The van der Waals surface area contributed by atoms with Crippen LogP contribution >= 0.6 is 0 Å². The van der Waals surface area contributed by atoms with Crippen molar-refractivity contribution in [2.75, 3.05) is 6.61 Å². The largest absolute Gasteiger partial charge is 0.485 e. The van der Waals surface area contributed by atoms with E-state index in [4.69, 9.17) is 9.47 Å². The summed E-state index contributed by atoms with van der Waals surface area (Å²) in [5.41, 5.74) is 0. The number of fused-ring (bicyclic) bond motifs is 1. The highest BCUT2D eigenvalue weighted by molar-refractivity contribution is 5.82. The molecular weight excluding hydrogens is 254 g/mol. The minimum absolute atomic E-state index is 0.0572. The molecule has 1 N–H and O–H groups in total. The Bertz CT molecular complexity index is 488. The zero-order valence-corrected chi connectivity index (χ0v) is 11.8. The van der Waals surface area contributed by atoms with E-state index in [1.54, 1.807) is 0 Å². The lowest BCUT2D eigenvalue weighted by Gasteiger charge is -2.32. The Kier molecular flexibility index (Phi) is 3.81. The van der Waals surface area contributed by atoms with Crippen molar-refractivity contribution in [3.8, 4) is 11.5 Å². The van der Waals surface area contributed by atoms with Gasteiger partial charge < -0.3 is 14.8 Å². The lowest BCUT2D eigenvalue weighted by atomic mass is 9.86. The van der Waals surface area contributed by atoms with Crippen LogP contribution in [0.15, 0.2) is 24.3 Å². The summed E-state index contributed by atoms with van der Waals surface area (Å²) >= 11 is 0. The Balaban J connectivity index is 1.61. The summed E-state index contributed by atoms with van der Waals surface area (Å²) in [6, 6.07) is 7.74. The monoisotopic (exact) mass is 275 g/mol. The van der Waals surface area contributed by atoms with E-state index in [0.717, 1.165) is 6.42 Å². The number of carbonyl (C=O) groups excluding carboxylic acids is 1. The second-order valence-electron chi connectivity index (χ2n) is 5.74. The van der Waals surface area contributed by atoms with E-state index in [2.05, 4.69) is 12.2 Å². The number of benzene rings is 1. The second-order valence-corrected chi connectivity index (χ2v) is 5.74. The third-order valence-electron chi connectivity index (χ3n) is 4.24. The topological polar surface area (TPSA) is 47.6 Å². The van der Waals surface area contributed by atoms with Gasteiger partial charge in [-0.1, -0.05) is 31.9 Å². The molecule has 2 aliphatic rings. The number of ether oxygens (including phenoxy) is 2. The quantitative estimate of drug-likeness (QED) is 0.902. The number of rotatable bonds is 2. The highest BCUT2D eigenvalue weighted by atomic mass is 16.6. The Labute approximate surface area is 119 Å². The molecule has 4 nitrogen and oxygen atoms in total. The number of para-hydroxylation sites is 2. The second kappa shape index (κ2) is 5.73. The molecule has 3 atom stereocenters. The molecule has 1 aromatic carbocycles. The van der Waals surface area contributed by atoms with Crippen LogP contribution in [-0.2, 0) is 4.79 Å². The fourth-order valence-corrected chi connectivity index (χ4v) is 2.96. The summed E-state index contributed by atoms with van der Waals surface area (Å²) in [5, 5.41) is 3.13. The van der Waals surface area contributed by atoms with Crippen molar-refractivity contribution < 1.29 is 14.3 Å². The maximum absolute atomic E-state index is 12.3. The summed E-state index contributed by atoms with van der Waals surface area (Å²) in [7, 11) is 0. The molecule has 0 bridgehead atoms. The first-order valence-corrected chi connectivity index (χ1v) is 7.43. The van der Waals surface area contributed by atoms with Crippen LogP contribution in [0.3, 0.4) is 0 Å². The highest BCUT2D eigenvalue weighted by Gasteiger charge is 2.30. The Morgan fingerprint density at radius 1 is 1.20 bits per heavy atom. The zero-order chi connectivity index (χ0) is 13.9. The summed E-state index contributed by atoms with van der Waals surface area (Å²) in [4.78, 5) is 12.3. The van der Waals surface area contributed by atoms with Gasteiger partial charge in [-0.3, -0.25) is 4.79 Å². The van der Waals surface area contributed by atoms with Crippen molar-refractivity contribution >= 4 is 5.91 Å². The first-order chi connectivity index (χ1) is 9.74. The van der Waals surface area contributed by atoms with Gasteiger partial charge in [0.1, 0.15) is 6.61 Å². The Morgan fingerprint density at radius 2 is 1.95 bits per heavy atom. The van der Waals surface area contributed by atoms with Crippen LogP contribution in [0.5, 0.6) is 11.5 Å². The SMILES string of the molecule is C[C@@H]1CCCC[C@@H]1NC(=O)[C@@H]1COc2ccccc2O1. The average molecular weight is 275 g/mol. The van der Waals surface area contributed by atoms with Crippen LogP contribution in [-0.4, -0.2) is 24.7 Å². The van der Waals surface area contributed by atoms with E-state index in [-0.39, 0.29) is 18.6 Å². The van der Waals surface area contributed by atoms with E-state index in [0.29, 0.717) is 17.4 Å². The molecule has 3 rings (SSSR count). The maximum atomic E-state index is 12.3. The fraction of sp³-hybridized carbons (Fsp3) is 0.562. The Hall–Kier alpha value is -1.71. The van der Waals surface area contributed by atoms with E-state index in [9.17, 15) is 4.79 Å². The number of nitrogens with one attached hydrogen (secondary N) is 1. The number of hydrogen-bond acceptors (Lipinski definition) is 3. The molecule has 0 radical (unpaired) electrons. The zero-order valence-electron chi connectivity index (χ0n) is 11.8. The number of hydrogen-bond donors (Lipinski definition) is 1. The van der Waals surface area contributed by atoms with Gasteiger partial charge in [0.2, 0.25) is 6.10 Å². The summed E-state index contributed by atoms with van der Waals surface area (Å²) in [5.74, 6) is 1.85.